The highest BCUT2D eigenvalue weighted by Crippen LogP contribution is 2.35. The first-order valence-electron chi connectivity index (χ1n) is 10.1. The molecule has 31 heavy (non-hydrogen) atoms. The minimum Gasteiger partial charge on any atom is -0.493 e. The van der Waals surface area contributed by atoms with E-state index in [0.29, 0.717) is 12.3 Å². The maximum atomic E-state index is 12.8. The molecule has 9 nitrogen and oxygen atoms in total. The Bertz CT molecular complexity index is 909. The van der Waals surface area contributed by atoms with Gasteiger partial charge in [-0.1, -0.05) is 0 Å². The second kappa shape index (κ2) is 10.6. The third kappa shape index (κ3) is 5.85. The van der Waals surface area contributed by atoms with Crippen LogP contribution in [0, 0.1) is 10.1 Å². The Kier molecular flexibility index (Phi) is 7.66. The van der Waals surface area contributed by atoms with Crippen LogP contribution in [0.25, 0.3) is 0 Å². The number of carbonyl (C=O) groups excluding carboxylic acids is 1. The van der Waals surface area contributed by atoms with Crippen LogP contribution in [0.15, 0.2) is 36.4 Å². The van der Waals surface area contributed by atoms with E-state index in [2.05, 4.69) is 5.32 Å². The molecule has 0 spiro atoms. The van der Waals surface area contributed by atoms with E-state index in [-0.39, 0.29) is 35.5 Å². The van der Waals surface area contributed by atoms with Crippen molar-refractivity contribution >= 4 is 17.3 Å². The van der Waals surface area contributed by atoms with Crippen molar-refractivity contribution in [1.82, 2.24) is 0 Å². The summed E-state index contributed by atoms with van der Waals surface area (Å²) in [6.07, 6.45) is 4.69. The van der Waals surface area contributed by atoms with Crippen molar-refractivity contribution in [2.24, 2.45) is 0 Å². The number of nitrogens with one attached hydrogen (secondary N) is 1. The van der Waals surface area contributed by atoms with Gasteiger partial charge in [0.1, 0.15) is 17.9 Å². The van der Waals surface area contributed by atoms with Crippen molar-refractivity contribution in [2.45, 2.75) is 31.8 Å². The van der Waals surface area contributed by atoms with Gasteiger partial charge in [0.15, 0.2) is 11.5 Å². The first-order valence-corrected chi connectivity index (χ1v) is 10.1. The standard InChI is InChI=1S/C22H26N2O7/c1-28-11-12-30-21-14-19(24(26)27)18(13-20(21)29-2)22(25)23-15-7-9-17(10-8-15)31-16-5-3-4-6-16/h7-10,13-14,16H,3-6,11-12H2,1-2H3,(H,23,25). The van der Waals surface area contributed by atoms with Gasteiger partial charge in [-0.15, -0.1) is 0 Å². The molecule has 0 heterocycles. The van der Waals surface area contributed by atoms with Gasteiger partial charge in [-0.05, 0) is 49.9 Å². The summed E-state index contributed by atoms with van der Waals surface area (Å²) in [5.41, 5.74) is -0.0171. The summed E-state index contributed by atoms with van der Waals surface area (Å²) in [6, 6.07) is 9.43. The molecule has 0 radical (unpaired) electrons. The van der Waals surface area contributed by atoms with Gasteiger partial charge in [0, 0.05) is 18.9 Å². The van der Waals surface area contributed by atoms with Crippen LogP contribution in [0.3, 0.4) is 0 Å². The number of nitro benzene ring substituents is 1. The quantitative estimate of drug-likeness (QED) is 0.342. The first-order chi connectivity index (χ1) is 15.0. The highest BCUT2D eigenvalue weighted by Gasteiger charge is 2.25. The second-order valence-corrected chi connectivity index (χ2v) is 7.12. The summed E-state index contributed by atoms with van der Waals surface area (Å²) >= 11 is 0. The molecule has 3 rings (SSSR count). The normalized spacial score (nSPS) is 13.6. The van der Waals surface area contributed by atoms with E-state index in [1.807, 2.05) is 0 Å². The molecule has 1 saturated carbocycles. The molecule has 2 aromatic rings. The van der Waals surface area contributed by atoms with Crippen LogP contribution in [0.5, 0.6) is 17.2 Å². The van der Waals surface area contributed by atoms with Gasteiger partial charge < -0.3 is 24.3 Å². The zero-order valence-electron chi connectivity index (χ0n) is 17.6. The van der Waals surface area contributed by atoms with E-state index < -0.39 is 10.8 Å². The fraction of sp³-hybridized carbons (Fsp3) is 0.409. The number of carbonyl (C=O) groups is 1. The molecule has 1 fully saturated rings. The third-order valence-corrected chi connectivity index (χ3v) is 4.99. The monoisotopic (exact) mass is 430 g/mol. The molecule has 0 atom stereocenters. The van der Waals surface area contributed by atoms with Crippen molar-refractivity contribution in [3.63, 3.8) is 0 Å². The first kappa shape index (κ1) is 22.4. The molecule has 0 saturated heterocycles. The van der Waals surface area contributed by atoms with Gasteiger partial charge >= 0.3 is 0 Å². The van der Waals surface area contributed by atoms with E-state index >= 15 is 0 Å². The lowest BCUT2D eigenvalue weighted by molar-refractivity contribution is -0.385. The van der Waals surface area contributed by atoms with Crippen LogP contribution in [0.1, 0.15) is 36.0 Å². The van der Waals surface area contributed by atoms with Crippen LogP contribution in [-0.4, -0.2) is 44.4 Å². The number of amides is 1. The van der Waals surface area contributed by atoms with Gasteiger partial charge in [0.05, 0.1) is 30.8 Å². The highest BCUT2D eigenvalue weighted by molar-refractivity contribution is 6.07. The van der Waals surface area contributed by atoms with Crippen molar-refractivity contribution < 1.29 is 28.7 Å². The zero-order chi connectivity index (χ0) is 22.2. The van der Waals surface area contributed by atoms with E-state index in [0.717, 1.165) is 18.6 Å². The topological polar surface area (TPSA) is 109 Å². The minimum atomic E-state index is -0.629. The number of anilines is 1. The average molecular weight is 430 g/mol. The zero-order valence-corrected chi connectivity index (χ0v) is 17.6. The van der Waals surface area contributed by atoms with E-state index in [1.54, 1.807) is 24.3 Å². The second-order valence-electron chi connectivity index (χ2n) is 7.12. The predicted molar refractivity (Wildman–Crippen MR) is 114 cm³/mol. The van der Waals surface area contributed by atoms with Crippen LogP contribution >= 0.6 is 0 Å². The van der Waals surface area contributed by atoms with Gasteiger partial charge in [-0.3, -0.25) is 14.9 Å². The number of hydrogen-bond donors (Lipinski definition) is 1. The molecule has 0 unspecified atom stereocenters. The van der Waals surface area contributed by atoms with Gasteiger partial charge in [-0.2, -0.15) is 0 Å². The maximum Gasteiger partial charge on any atom is 0.286 e. The fourth-order valence-corrected chi connectivity index (χ4v) is 3.40. The number of methoxy groups -OCH3 is 2. The molecule has 0 aliphatic heterocycles. The van der Waals surface area contributed by atoms with Crippen molar-refractivity contribution in [3.05, 3.63) is 52.1 Å². The number of ether oxygens (including phenoxy) is 4. The molecule has 2 aromatic carbocycles. The fourth-order valence-electron chi connectivity index (χ4n) is 3.40. The Morgan fingerprint density at radius 3 is 2.42 bits per heavy atom. The summed E-state index contributed by atoms with van der Waals surface area (Å²) in [7, 11) is 2.92. The maximum absolute atomic E-state index is 12.8. The van der Waals surface area contributed by atoms with Crippen LogP contribution in [0.4, 0.5) is 11.4 Å². The summed E-state index contributed by atoms with van der Waals surface area (Å²) in [5.74, 6) is 0.483. The van der Waals surface area contributed by atoms with E-state index in [9.17, 15) is 14.9 Å². The molecule has 1 aliphatic carbocycles. The van der Waals surface area contributed by atoms with Crippen LogP contribution < -0.4 is 19.5 Å². The number of benzene rings is 2. The molecule has 1 aliphatic rings. The summed E-state index contributed by atoms with van der Waals surface area (Å²) in [6.45, 7) is 0.491. The summed E-state index contributed by atoms with van der Waals surface area (Å²) in [5, 5.41) is 14.2. The highest BCUT2D eigenvalue weighted by atomic mass is 16.6. The molecular formula is C22H26N2O7. The van der Waals surface area contributed by atoms with Gasteiger partial charge in [0.25, 0.3) is 11.6 Å². The van der Waals surface area contributed by atoms with Crippen molar-refractivity contribution in [1.29, 1.82) is 0 Å². The van der Waals surface area contributed by atoms with Gasteiger partial charge in [0.2, 0.25) is 0 Å². The number of hydrogen-bond acceptors (Lipinski definition) is 7. The minimum absolute atomic E-state index is 0.132. The molecule has 0 aromatic heterocycles. The molecule has 1 amide bonds. The smallest absolute Gasteiger partial charge is 0.286 e. The summed E-state index contributed by atoms with van der Waals surface area (Å²) in [4.78, 5) is 23.7. The third-order valence-electron chi connectivity index (χ3n) is 4.99. The molecule has 9 heteroatoms. The number of rotatable bonds is 10. The Morgan fingerprint density at radius 2 is 1.81 bits per heavy atom. The Hall–Kier alpha value is -3.33. The largest absolute Gasteiger partial charge is 0.493 e. The van der Waals surface area contributed by atoms with Crippen LogP contribution in [-0.2, 0) is 4.74 Å². The number of nitrogens with zero attached hydrogens (tertiary/aromatic N) is 1. The average Bonchev–Trinajstić information content (AvgIpc) is 3.28. The lowest BCUT2D eigenvalue weighted by Crippen LogP contribution is -2.15. The SMILES string of the molecule is COCCOc1cc([N+](=O)[O-])c(C(=O)Nc2ccc(OC3CCCC3)cc2)cc1OC. The Morgan fingerprint density at radius 1 is 1.10 bits per heavy atom. The van der Waals surface area contributed by atoms with Crippen molar-refractivity contribution in [2.75, 3.05) is 32.8 Å². The van der Waals surface area contributed by atoms with E-state index in [1.165, 1.54) is 39.2 Å². The molecule has 1 N–H and O–H groups in total. The van der Waals surface area contributed by atoms with E-state index in [4.69, 9.17) is 18.9 Å². The van der Waals surface area contributed by atoms with Gasteiger partial charge in [-0.25, -0.2) is 0 Å². The molecular weight excluding hydrogens is 404 g/mol. The number of nitro groups is 1. The Labute approximate surface area is 180 Å². The lowest BCUT2D eigenvalue weighted by atomic mass is 10.1. The molecule has 0 bridgehead atoms. The van der Waals surface area contributed by atoms with Crippen molar-refractivity contribution in [3.8, 4) is 17.2 Å². The molecule has 166 valence electrons. The Balaban J connectivity index is 1.75. The lowest BCUT2D eigenvalue weighted by Gasteiger charge is -2.14. The van der Waals surface area contributed by atoms with Crippen LogP contribution in [0.2, 0.25) is 0 Å². The summed E-state index contributed by atoms with van der Waals surface area (Å²) < 4.78 is 21.6. The predicted octanol–water partition coefficient (Wildman–Crippen LogP) is 4.20.